The van der Waals surface area contributed by atoms with E-state index in [1.165, 1.54) is 0 Å². The molecule has 132 valence electrons. The summed E-state index contributed by atoms with van der Waals surface area (Å²) in [6, 6.07) is 7.64. The molecule has 1 N–H and O–H groups in total. The van der Waals surface area contributed by atoms with Crippen molar-refractivity contribution in [1.29, 1.82) is 0 Å². The minimum Gasteiger partial charge on any atom is -0.494 e. The molecule has 0 aliphatic carbocycles. The highest BCUT2D eigenvalue weighted by molar-refractivity contribution is 5.89. The quantitative estimate of drug-likeness (QED) is 0.835. The van der Waals surface area contributed by atoms with E-state index in [1.54, 1.807) is 4.90 Å². The summed E-state index contributed by atoms with van der Waals surface area (Å²) in [5.74, 6) is 1.03. The van der Waals surface area contributed by atoms with E-state index in [1.807, 2.05) is 38.1 Å². The van der Waals surface area contributed by atoms with Crippen LogP contribution in [0.4, 0.5) is 0 Å². The molecular weight excluding hydrogens is 304 g/mol. The molecule has 24 heavy (non-hydrogen) atoms. The van der Waals surface area contributed by atoms with Crippen LogP contribution in [0, 0.1) is 11.8 Å². The first-order chi connectivity index (χ1) is 11.4. The monoisotopic (exact) mass is 332 g/mol. The van der Waals surface area contributed by atoms with Gasteiger partial charge in [0.05, 0.1) is 18.6 Å². The van der Waals surface area contributed by atoms with Gasteiger partial charge in [-0.05, 0) is 37.5 Å². The van der Waals surface area contributed by atoms with Gasteiger partial charge in [0.15, 0.2) is 0 Å². The fraction of sp³-hybridized carbons (Fsp3) is 0.579. The third kappa shape index (κ3) is 4.73. The zero-order valence-corrected chi connectivity index (χ0v) is 15.0. The molecule has 0 bridgehead atoms. The van der Waals surface area contributed by atoms with E-state index >= 15 is 0 Å². The van der Waals surface area contributed by atoms with Gasteiger partial charge < -0.3 is 15.0 Å². The van der Waals surface area contributed by atoms with E-state index in [0.717, 1.165) is 17.9 Å². The Balaban J connectivity index is 1.90. The third-order valence-corrected chi connectivity index (χ3v) is 4.22. The number of carbonyl (C=O) groups excluding carboxylic acids is 2. The number of hydrogen-bond acceptors (Lipinski definition) is 3. The van der Waals surface area contributed by atoms with Crippen LogP contribution in [0.15, 0.2) is 24.3 Å². The van der Waals surface area contributed by atoms with E-state index in [0.29, 0.717) is 25.5 Å². The zero-order chi connectivity index (χ0) is 17.7. The maximum absolute atomic E-state index is 12.5. The number of ether oxygens (including phenoxy) is 1. The number of nitrogens with zero attached hydrogens (tertiary/aromatic N) is 1. The molecule has 0 radical (unpaired) electrons. The highest BCUT2D eigenvalue weighted by atomic mass is 16.5. The lowest BCUT2D eigenvalue weighted by atomic mass is 10.0. The second-order valence-corrected chi connectivity index (χ2v) is 6.83. The largest absolute Gasteiger partial charge is 0.494 e. The standard InChI is InChI=1S/C19H28N2O3/c1-5-24-17-8-6-15(7-9-17)14(4)20-19(23)16-10-18(22)21(12-16)11-13(2)3/h6-9,13-14,16H,5,10-12H2,1-4H3,(H,20,23). The number of rotatable bonds is 7. The Morgan fingerprint density at radius 1 is 1.29 bits per heavy atom. The van der Waals surface area contributed by atoms with Crippen molar-refractivity contribution in [3.8, 4) is 5.75 Å². The predicted octanol–water partition coefficient (Wildman–Crippen LogP) is 2.77. The maximum Gasteiger partial charge on any atom is 0.225 e. The van der Waals surface area contributed by atoms with Crippen LogP contribution in [0.5, 0.6) is 5.75 Å². The fourth-order valence-corrected chi connectivity index (χ4v) is 3.00. The average Bonchev–Trinajstić information content (AvgIpc) is 2.88. The molecule has 1 fully saturated rings. The minimum absolute atomic E-state index is 0.0454. The summed E-state index contributed by atoms with van der Waals surface area (Å²) in [6.07, 6.45) is 0.314. The summed E-state index contributed by atoms with van der Waals surface area (Å²) >= 11 is 0. The van der Waals surface area contributed by atoms with E-state index in [9.17, 15) is 9.59 Å². The Bertz CT molecular complexity index is 568. The zero-order valence-electron chi connectivity index (χ0n) is 15.0. The lowest BCUT2D eigenvalue weighted by Crippen LogP contribution is -2.35. The molecule has 1 aliphatic heterocycles. The van der Waals surface area contributed by atoms with Gasteiger partial charge in [-0.15, -0.1) is 0 Å². The van der Waals surface area contributed by atoms with E-state index in [-0.39, 0.29) is 23.8 Å². The van der Waals surface area contributed by atoms with Crippen LogP contribution in [-0.2, 0) is 9.59 Å². The first-order valence-electron chi connectivity index (χ1n) is 8.71. The molecule has 5 heteroatoms. The van der Waals surface area contributed by atoms with Gasteiger partial charge in [0.1, 0.15) is 5.75 Å². The molecule has 0 aromatic heterocycles. The Hall–Kier alpha value is -2.04. The van der Waals surface area contributed by atoms with Crippen LogP contribution >= 0.6 is 0 Å². The molecular formula is C19H28N2O3. The molecule has 0 spiro atoms. The Kier molecular flexibility index (Phi) is 6.23. The van der Waals surface area contributed by atoms with Gasteiger partial charge in [-0.2, -0.15) is 0 Å². The van der Waals surface area contributed by atoms with Crippen LogP contribution in [-0.4, -0.2) is 36.4 Å². The molecule has 2 amide bonds. The van der Waals surface area contributed by atoms with Gasteiger partial charge in [0.25, 0.3) is 0 Å². The van der Waals surface area contributed by atoms with Gasteiger partial charge in [-0.25, -0.2) is 0 Å². The molecule has 1 saturated heterocycles. The number of carbonyl (C=O) groups is 2. The third-order valence-electron chi connectivity index (χ3n) is 4.22. The van der Waals surface area contributed by atoms with E-state index in [4.69, 9.17) is 4.74 Å². The first kappa shape index (κ1) is 18.3. The van der Waals surface area contributed by atoms with Crippen LogP contribution in [0.1, 0.15) is 45.7 Å². The summed E-state index contributed by atoms with van der Waals surface area (Å²) in [5.41, 5.74) is 1.02. The number of benzene rings is 1. The molecule has 2 rings (SSSR count). The van der Waals surface area contributed by atoms with Crippen molar-refractivity contribution in [2.75, 3.05) is 19.7 Å². The summed E-state index contributed by atoms with van der Waals surface area (Å²) in [7, 11) is 0. The van der Waals surface area contributed by atoms with Crippen molar-refractivity contribution in [1.82, 2.24) is 10.2 Å². The number of amides is 2. The summed E-state index contributed by atoms with van der Waals surface area (Å²) in [5, 5.41) is 3.03. The maximum atomic E-state index is 12.5. The summed E-state index contributed by atoms with van der Waals surface area (Å²) in [6.45, 7) is 9.94. The first-order valence-corrected chi connectivity index (χ1v) is 8.71. The number of hydrogen-bond donors (Lipinski definition) is 1. The van der Waals surface area contributed by atoms with Crippen LogP contribution < -0.4 is 10.1 Å². The van der Waals surface area contributed by atoms with Crippen molar-refractivity contribution in [3.05, 3.63) is 29.8 Å². The van der Waals surface area contributed by atoms with Gasteiger partial charge in [0.2, 0.25) is 11.8 Å². The second-order valence-electron chi connectivity index (χ2n) is 6.83. The lowest BCUT2D eigenvalue weighted by molar-refractivity contribution is -0.129. The minimum atomic E-state index is -0.249. The molecule has 2 unspecified atom stereocenters. The molecule has 2 atom stereocenters. The van der Waals surface area contributed by atoms with E-state index < -0.39 is 0 Å². The predicted molar refractivity (Wildman–Crippen MR) is 93.7 cm³/mol. The SMILES string of the molecule is CCOc1ccc(C(C)NC(=O)C2CC(=O)N(CC(C)C)C2)cc1. The normalized spacial score (nSPS) is 18.8. The van der Waals surface area contributed by atoms with Gasteiger partial charge in [0, 0.05) is 19.5 Å². The van der Waals surface area contributed by atoms with Gasteiger partial charge >= 0.3 is 0 Å². The average molecular weight is 332 g/mol. The molecule has 1 aromatic carbocycles. The topological polar surface area (TPSA) is 58.6 Å². The van der Waals surface area contributed by atoms with Crippen molar-refractivity contribution in [3.63, 3.8) is 0 Å². The Morgan fingerprint density at radius 2 is 1.96 bits per heavy atom. The summed E-state index contributed by atoms with van der Waals surface area (Å²) in [4.78, 5) is 26.3. The smallest absolute Gasteiger partial charge is 0.225 e. The van der Waals surface area contributed by atoms with Crippen molar-refractivity contribution in [2.45, 2.75) is 40.2 Å². The van der Waals surface area contributed by atoms with E-state index in [2.05, 4.69) is 19.2 Å². The Labute approximate surface area is 144 Å². The van der Waals surface area contributed by atoms with Gasteiger partial charge in [-0.1, -0.05) is 26.0 Å². The second kappa shape index (κ2) is 8.18. The fourth-order valence-electron chi connectivity index (χ4n) is 3.00. The molecule has 0 saturated carbocycles. The van der Waals surface area contributed by atoms with Crippen molar-refractivity contribution < 1.29 is 14.3 Å². The van der Waals surface area contributed by atoms with Gasteiger partial charge in [-0.3, -0.25) is 9.59 Å². The Morgan fingerprint density at radius 3 is 2.54 bits per heavy atom. The van der Waals surface area contributed by atoms with Crippen LogP contribution in [0.25, 0.3) is 0 Å². The molecule has 1 heterocycles. The van der Waals surface area contributed by atoms with Crippen molar-refractivity contribution in [2.24, 2.45) is 11.8 Å². The van der Waals surface area contributed by atoms with Crippen molar-refractivity contribution >= 4 is 11.8 Å². The lowest BCUT2D eigenvalue weighted by Gasteiger charge is -2.20. The summed E-state index contributed by atoms with van der Waals surface area (Å²) < 4.78 is 5.43. The molecule has 5 nitrogen and oxygen atoms in total. The molecule has 1 aromatic rings. The number of nitrogens with one attached hydrogen (secondary N) is 1. The number of likely N-dealkylation sites (tertiary alicyclic amines) is 1. The van der Waals surface area contributed by atoms with Crippen LogP contribution in [0.3, 0.4) is 0 Å². The van der Waals surface area contributed by atoms with Crippen LogP contribution in [0.2, 0.25) is 0 Å². The highest BCUT2D eigenvalue weighted by Crippen LogP contribution is 2.22. The molecule has 1 aliphatic rings. The highest BCUT2D eigenvalue weighted by Gasteiger charge is 2.34.